The number of carboxylic acid groups (broad SMARTS) is 1. The van der Waals surface area contributed by atoms with E-state index in [9.17, 15) is 4.79 Å². The molecule has 1 atom stereocenters. The maximum Gasteiger partial charge on any atom is 0.329 e. The topological polar surface area (TPSA) is 87.5 Å². The molecule has 6 nitrogen and oxygen atoms in total. The van der Waals surface area contributed by atoms with Crippen molar-refractivity contribution in [2.75, 3.05) is 23.4 Å². The normalized spacial score (nSPS) is 16.1. The third-order valence-corrected chi connectivity index (χ3v) is 8.58. The van der Waals surface area contributed by atoms with E-state index in [1.807, 2.05) is 47.3 Å². The highest BCUT2D eigenvalue weighted by Gasteiger charge is 2.26. The van der Waals surface area contributed by atoms with E-state index >= 15 is 0 Å². The summed E-state index contributed by atoms with van der Waals surface area (Å²) in [5.74, 6) is 0.643. The molecule has 0 unspecified atom stereocenters. The molecule has 3 heterocycles. The molecule has 0 radical (unpaired) electrons. The highest BCUT2D eigenvalue weighted by molar-refractivity contribution is 8.76. The van der Waals surface area contributed by atoms with Crippen LogP contribution in [0, 0.1) is 0 Å². The molecule has 0 fully saturated rings. The Morgan fingerprint density at radius 2 is 2.24 bits per heavy atom. The molecular weight excluding hydrogens is 445 g/mol. The average Bonchev–Trinajstić information content (AvgIpc) is 3.38. The number of nitrogens with zero attached hydrogens (tertiary/aromatic N) is 3. The molecule has 150 valence electrons. The molecule has 2 N–H and O–H groups in total. The molecule has 0 amide bonds. The number of carbonyl (C=O) groups is 1. The molecule has 0 saturated heterocycles. The maximum absolute atomic E-state index is 11.1. The zero-order valence-corrected chi connectivity index (χ0v) is 18.5. The average molecular weight is 463 g/mol. The summed E-state index contributed by atoms with van der Waals surface area (Å²) < 4.78 is 1.08. The van der Waals surface area contributed by atoms with E-state index in [-0.39, 0.29) is 0 Å². The molecule has 10 heteroatoms. The van der Waals surface area contributed by atoms with Crippen molar-refractivity contribution < 1.29 is 9.90 Å². The fraction of sp³-hybridized carbons (Fsp3) is 0.263. The highest BCUT2D eigenvalue weighted by Crippen LogP contribution is 2.32. The van der Waals surface area contributed by atoms with Crippen molar-refractivity contribution in [3.8, 4) is 0 Å². The second-order valence-electron chi connectivity index (χ2n) is 6.15. The molecule has 1 aromatic carbocycles. The lowest BCUT2D eigenvalue weighted by Gasteiger charge is -2.06. The number of fused-ring (bicyclic) bond motifs is 1. The first-order valence-electron chi connectivity index (χ1n) is 8.98. The van der Waals surface area contributed by atoms with Crippen molar-refractivity contribution in [3.05, 3.63) is 47.6 Å². The molecule has 0 bridgehead atoms. The minimum atomic E-state index is -0.878. The molecule has 0 saturated carbocycles. The molecule has 1 aliphatic rings. The predicted octanol–water partition coefficient (Wildman–Crippen LogP) is 4.88. The van der Waals surface area contributed by atoms with E-state index in [0.29, 0.717) is 5.75 Å². The van der Waals surface area contributed by atoms with Crippen molar-refractivity contribution in [3.63, 3.8) is 0 Å². The van der Waals surface area contributed by atoms with Crippen LogP contribution in [0.3, 0.4) is 0 Å². The molecule has 1 aliphatic heterocycles. The van der Waals surface area contributed by atoms with Crippen molar-refractivity contribution in [2.24, 2.45) is 4.99 Å². The summed E-state index contributed by atoms with van der Waals surface area (Å²) in [5.41, 5.74) is 1.99. The minimum Gasteiger partial charge on any atom is -0.480 e. The lowest BCUT2D eigenvalue weighted by atomic mass is 10.3. The quantitative estimate of drug-likeness (QED) is 0.344. The number of thioether (sulfide) groups is 1. The first kappa shape index (κ1) is 20.5. The third-order valence-electron chi connectivity index (χ3n) is 4.02. The van der Waals surface area contributed by atoms with Gasteiger partial charge in [-0.1, -0.05) is 16.9 Å². The van der Waals surface area contributed by atoms with Crippen LogP contribution in [0.15, 0.2) is 52.6 Å². The second-order valence-corrected chi connectivity index (χ2v) is 10.6. The Morgan fingerprint density at radius 1 is 1.31 bits per heavy atom. The maximum atomic E-state index is 11.1. The molecule has 4 rings (SSSR count). The molecule has 0 spiro atoms. The number of aliphatic imine (C=N–C) groups is 1. The Hall–Kier alpha value is -1.75. The number of anilines is 1. The van der Waals surface area contributed by atoms with Gasteiger partial charge in [-0.15, -0.1) is 23.1 Å². The Kier molecular flexibility index (Phi) is 6.96. The van der Waals surface area contributed by atoms with Crippen LogP contribution in [0.2, 0.25) is 0 Å². The predicted molar refractivity (Wildman–Crippen MR) is 126 cm³/mol. The fourth-order valence-electron chi connectivity index (χ4n) is 2.61. The Morgan fingerprint density at radius 3 is 3.03 bits per heavy atom. The Labute approximate surface area is 184 Å². The van der Waals surface area contributed by atoms with Crippen LogP contribution in [-0.4, -0.2) is 50.2 Å². The van der Waals surface area contributed by atoms with E-state index in [1.165, 1.54) is 11.8 Å². The van der Waals surface area contributed by atoms with Gasteiger partial charge in [0.05, 0.1) is 10.2 Å². The number of nitrogens with one attached hydrogen (secondary N) is 1. The second kappa shape index (κ2) is 9.84. The number of rotatable bonds is 9. The van der Waals surface area contributed by atoms with Crippen molar-refractivity contribution in [2.45, 2.75) is 17.5 Å². The molecule has 29 heavy (non-hydrogen) atoms. The number of pyridine rings is 1. The molecule has 0 aliphatic carbocycles. The highest BCUT2D eigenvalue weighted by atomic mass is 33.1. The molecule has 3 aromatic rings. The monoisotopic (exact) mass is 462 g/mol. The van der Waals surface area contributed by atoms with E-state index in [4.69, 9.17) is 5.11 Å². The zero-order chi connectivity index (χ0) is 20.1. The fourth-order valence-corrected chi connectivity index (χ4v) is 6.67. The van der Waals surface area contributed by atoms with Crippen LogP contribution in [0.4, 0.5) is 5.69 Å². The lowest BCUT2D eigenvalue weighted by Crippen LogP contribution is -2.17. The van der Waals surface area contributed by atoms with Crippen LogP contribution in [0.5, 0.6) is 0 Å². The summed E-state index contributed by atoms with van der Waals surface area (Å²) in [5, 5.41) is 15.1. The molecular formula is C19H18N4O2S4. The summed E-state index contributed by atoms with van der Waals surface area (Å²) in [6.07, 6.45) is 2.87. The van der Waals surface area contributed by atoms with E-state index in [1.54, 1.807) is 22.1 Å². The van der Waals surface area contributed by atoms with E-state index in [2.05, 4.69) is 26.3 Å². The van der Waals surface area contributed by atoms with Gasteiger partial charge in [-0.05, 0) is 47.5 Å². The number of hydrogen-bond donors (Lipinski definition) is 2. The van der Waals surface area contributed by atoms with E-state index in [0.717, 1.165) is 49.7 Å². The van der Waals surface area contributed by atoms with Crippen LogP contribution in [0.1, 0.15) is 11.4 Å². The summed E-state index contributed by atoms with van der Waals surface area (Å²) in [4.78, 5) is 24.3. The summed E-state index contributed by atoms with van der Waals surface area (Å²) >= 11 is 3.02. The lowest BCUT2D eigenvalue weighted by molar-refractivity contribution is -0.137. The van der Waals surface area contributed by atoms with Gasteiger partial charge in [0.15, 0.2) is 6.04 Å². The van der Waals surface area contributed by atoms with Crippen molar-refractivity contribution in [1.82, 2.24) is 9.97 Å². The number of thiazole rings is 1. The van der Waals surface area contributed by atoms with Gasteiger partial charge in [0.2, 0.25) is 0 Å². The molecule has 2 aromatic heterocycles. The largest absolute Gasteiger partial charge is 0.480 e. The van der Waals surface area contributed by atoms with Crippen LogP contribution in [0.25, 0.3) is 10.2 Å². The first-order chi connectivity index (χ1) is 14.2. The van der Waals surface area contributed by atoms with Gasteiger partial charge in [-0.2, -0.15) is 0 Å². The van der Waals surface area contributed by atoms with Gasteiger partial charge in [0, 0.05) is 29.9 Å². The third kappa shape index (κ3) is 5.44. The van der Waals surface area contributed by atoms with Gasteiger partial charge >= 0.3 is 5.97 Å². The minimum absolute atomic E-state index is 0.476. The van der Waals surface area contributed by atoms with Gasteiger partial charge in [-0.3, -0.25) is 4.99 Å². The smallest absolute Gasteiger partial charge is 0.329 e. The van der Waals surface area contributed by atoms with E-state index < -0.39 is 12.0 Å². The SMILES string of the molecule is O=C(O)[C@H]1CSC(c2nc3ccc(NCCCSSc4ccccn4)cc3s2)=N1. The summed E-state index contributed by atoms with van der Waals surface area (Å²) in [6, 6.07) is 11.4. The van der Waals surface area contributed by atoms with Crippen LogP contribution >= 0.6 is 44.7 Å². The standard InChI is InChI=1S/C19H18N4O2S4/c24-19(25)14-11-26-17(23-14)18-22-13-6-5-12(10-15(13)28-18)20-8-3-9-27-29-16-4-1-2-7-21-16/h1-2,4-7,10,14,20H,3,8-9,11H2,(H,24,25)/t14-/m1/s1. The first-order valence-corrected chi connectivity index (χ1v) is 13.1. The van der Waals surface area contributed by atoms with Crippen LogP contribution in [-0.2, 0) is 4.79 Å². The van der Waals surface area contributed by atoms with Crippen LogP contribution < -0.4 is 5.32 Å². The van der Waals surface area contributed by atoms with Gasteiger partial charge in [0.25, 0.3) is 0 Å². The zero-order valence-electron chi connectivity index (χ0n) is 15.3. The van der Waals surface area contributed by atoms with Crippen molar-refractivity contribution >= 4 is 71.6 Å². The summed E-state index contributed by atoms with van der Waals surface area (Å²) in [6.45, 7) is 0.899. The number of carboxylic acids is 1. The Balaban J connectivity index is 1.28. The number of aliphatic carboxylic acids is 1. The van der Waals surface area contributed by atoms with Gasteiger partial charge in [-0.25, -0.2) is 14.8 Å². The summed E-state index contributed by atoms with van der Waals surface area (Å²) in [7, 11) is 3.52. The van der Waals surface area contributed by atoms with Crippen molar-refractivity contribution in [1.29, 1.82) is 0 Å². The van der Waals surface area contributed by atoms with Gasteiger partial charge < -0.3 is 10.4 Å². The number of aromatic nitrogens is 2. The number of benzene rings is 1. The van der Waals surface area contributed by atoms with Gasteiger partial charge in [0.1, 0.15) is 15.1 Å². The number of hydrogen-bond acceptors (Lipinski definition) is 9. The Bertz CT molecular complexity index is 1030.